The molecule has 2 amide bonds. The van der Waals surface area contributed by atoms with Gasteiger partial charge in [-0.1, -0.05) is 34.1 Å². The van der Waals surface area contributed by atoms with Gasteiger partial charge in [0.2, 0.25) is 5.91 Å². The van der Waals surface area contributed by atoms with Crippen molar-refractivity contribution >= 4 is 33.6 Å². The first kappa shape index (κ1) is 16.0. The van der Waals surface area contributed by atoms with Crippen LogP contribution >= 0.6 is 15.9 Å². The molecule has 2 aromatic rings. The molecule has 0 aliphatic carbocycles. The van der Waals surface area contributed by atoms with Crippen LogP contribution in [0.15, 0.2) is 59.1 Å². The Morgan fingerprint density at radius 1 is 1.09 bits per heavy atom. The number of halogens is 1. The van der Waals surface area contributed by atoms with Crippen LogP contribution in [0.3, 0.4) is 0 Å². The third kappa shape index (κ3) is 4.89. The molecule has 2 rings (SSSR count). The van der Waals surface area contributed by atoms with Gasteiger partial charge in [-0.3, -0.25) is 4.79 Å². The standard InChI is InChI=1S/C16H15BrN2O3/c1-19(16(21)22-14-5-3-2-4-6-14)11-15(20)18-13-9-7-12(17)8-10-13/h2-10H,11H2,1H3,(H,18,20). The Labute approximate surface area is 137 Å². The zero-order valence-corrected chi connectivity index (χ0v) is 13.5. The molecule has 6 heteroatoms. The van der Waals surface area contributed by atoms with Crippen LogP contribution in [-0.2, 0) is 4.79 Å². The molecule has 0 spiro atoms. The molecule has 0 heterocycles. The number of likely N-dealkylation sites (N-methyl/N-ethyl adjacent to an activating group) is 1. The van der Waals surface area contributed by atoms with Gasteiger partial charge in [0.25, 0.3) is 0 Å². The predicted molar refractivity (Wildman–Crippen MR) is 87.9 cm³/mol. The average Bonchev–Trinajstić information content (AvgIpc) is 2.50. The molecule has 0 unspecified atom stereocenters. The summed E-state index contributed by atoms with van der Waals surface area (Å²) in [6.07, 6.45) is -0.586. The molecule has 5 nitrogen and oxygen atoms in total. The topological polar surface area (TPSA) is 58.6 Å². The van der Waals surface area contributed by atoms with Gasteiger partial charge in [-0.15, -0.1) is 0 Å². The second-order valence-electron chi connectivity index (χ2n) is 4.59. The molecule has 0 saturated heterocycles. The summed E-state index contributed by atoms with van der Waals surface area (Å²) in [5.74, 6) is 0.141. The maximum absolute atomic E-state index is 11.9. The molecular formula is C16H15BrN2O3. The molecule has 0 aromatic heterocycles. The molecule has 1 N–H and O–H groups in total. The smallest absolute Gasteiger partial charge is 0.410 e. The minimum absolute atomic E-state index is 0.0955. The van der Waals surface area contributed by atoms with Crippen LogP contribution in [0.1, 0.15) is 0 Å². The second kappa shape index (κ2) is 7.61. The largest absolute Gasteiger partial charge is 0.415 e. The minimum atomic E-state index is -0.586. The third-order valence-electron chi connectivity index (χ3n) is 2.77. The first-order chi connectivity index (χ1) is 10.5. The molecule has 22 heavy (non-hydrogen) atoms. The van der Waals surface area contributed by atoms with Crippen molar-refractivity contribution in [1.29, 1.82) is 0 Å². The number of carbonyl (C=O) groups excluding carboxylic acids is 2. The zero-order valence-electron chi connectivity index (χ0n) is 12.0. The normalized spacial score (nSPS) is 9.91. The predicted octanol–water partition coefficient (Wildman–Crippen LogP) is 3.52. The fourth-order valence-electron chi connectivity index (χ4n) is 1.68. The number of amides is 2. The molecule has 0 aliphatic rings. The highest BCUT2D eigenvalue weighted by Crippen LogP contribution is 2.14. The second-order valence-corrected chi connectivity index (χ2v) is 5.51. The molecule has 0 fully saturated rings. The summed E-state index contributed by atoms with van der Waals surface area (Å²) in [4.78, 5) is 25.0. The number of nitrogens with zero attached hydrogens (tertiary/aromatic N) is 1. The third-order valence-corrected chi connectivity index (χ3v) is 3.30. The summed E-state index contributed by atoms with van der Waals surface area (Å²) >= 11 is 3.32. The Morgan fingerprint density at radius 3 is 2.36 bits per heavy atom. The lowest BCUT2D eigenvalue weighted by molar-refractivity contribution is -0.116. The lowest BCUT2D eigenvalue weighted by atomic mass is 10.3. The summed E-state index contributed by atoms with van der Waals surface area (Å²) in [7, 11) is 1.51. The van der Waals surface area contributed by atoms with Crippen molar-refractivity contribution in [2.75, 3.05) is 18.9 Å². The number of nitrogens with one attached hydrogen (secondary N) is 1. The van der Waals surface area contributed by atoms with Crippen molar-refractivity contribution in [2.45, 2.75) is 0 Å². The Morgan fingerprint density at radius 2 is 1.73 bits per heavy atom. The number of benzene rings is 2. The summed E-state index contributed by atoms with van der Waals surface area (Å²) < 4.78 is 6.07. The molecule has 2 aromatic carbocycles. The van der Waals surface area contributed by atoms with Crippen LogP contribution in [0.5, 0.6) is 5.75 Å². The lowest BCUT2D eigenvalue weighted by Gasteiger charge is -2.16. The van der Waals surface area contributed by atoms with Crippen molar-refractivity contribution < 1.29 is 14.3 Å². The molecule has 0 aliphatic heterocycles. The van der Waals surface area contributed by atoms with E-state index in [2.05, 4.69) is 21.2 Å². The molecule has 0 radical (unpaired) electrons. The Balaban J connectivity index is 1.85. The van der Waals surface area contributed by atoms with E-state index in [0.717, 1.165) is 4.47 Å². The van der Waals surface area contributed by atoms with Crippen LogP contribution in [0.4, 0.5) is 10.5 Å². The highest BCUT2D eigenvalue weighted by Gasteiger charge is 2.15. The van der Waals surface area contributed by atoms with Crippen molar-refractivity contribution in [1.82, 2.24) is 4.90 Å². The van der Waals surface area contributed by atoms with Gasteiger partial charge in [0.1, 0.15) is 12.3 Å². The van der Waals surface area contributed by atoms with Gasteiger partial charge in [0.15, 0.2) is 0 Å². The number of rotatable bonds is 4. The highest BCUT2D eigenvalue weighted by molar-refractivity contribution is 9.10. The number of hydrogen-bond acceptors (Lipinski definition) is 3. The first-order valence-corrected chi connectivity index (χ1v) is 7.37. The lowest BCUT2D eigenvalue weighted by Crippen LogP contribution is -2.36. The van der Waals surface area contributed by atoms with E-state index in [9.17, 15) is 9.59 Å². The molecule has 0 saturated carbocycles. The Hall–Kier alpha value is -2.34. The van der Waals surface area contributed by atoms with Crippen molar-refractivity contribution in [3.05, 3.63) is 59.1 Å². The summed E-state index contributed by atoms with van der Waals surface area (Å²) in [6, 6.07) is 15.9. The van der Waals surface area contributed by atoms with E-state index in [-0.39, 0.29) is 12.5 Å². The average molecular weight is 363 g/mol. The van der Waals surface area contributed by atoms with Gasteiger partial charge in [0, 0.05) is 17.2 Å². The summed E-state index contributed by atoms with van der Waals surface area (Å²) in [5.41, 5.74) is 0.665. The van der Waals surface area contributed by atoms with E-state index in [1.807, 2.05) is 18.2 Å². The molecular weight excluding hydrogens is 348 g/mol. The molecule has 0 atom stereocenters. The van der Waals surface area contributed by atoms with E-state index in [4.69, 9.17) is 4.74 Å². The van der Waals surface area contributed by atoms with Gasteiger partial charge in [-0.05, 0) is 36.4 Å². The van der Waals surface area contributed by atoms with E-state index < -0.39 is 6.09 Å². The fourth-order valence-corrected chi connectivity index (χ4v) is 1.95. The minimum Gasteiger partial charge on any atom is -0.410 e. The monoisotopic (exact) mass is 362 g/mol. The van der Waals surface area contributed by atoms with Gasteiger partial charge in [-0.2, -0.15) is 0 Å². The van der Waals surface area contributed by atoms with Gasteiger partial charge in [-0.25, -0.2) is 4.79 Å². The molecule has 114 valence electrons. The van der Waals surface area contributed by atoms with E-state index in [0.29, 0.717) is 11.4 Å². The number of hydrogen-bond donors (Lipinski definition) is 1. The number of carbonyl (C=O) groups is 2. The fraction of sp³-hybridized carbons (Fsp3) is 0.125. The highest BCUT2D eigenvalue weighted by atomic mass is 79.9. The quantitative estimate of drug-likeness (QED) is 0.904. The van der Waals surface area contributed by atoms with Gasteiger partial charge in [0.05, 0.1) is 0 Å². The number of para-hydroxylation sites is 1. The van der Waals surface area contributed by atoms with E-state index in [1.54, 1.807) is 36.4 Å². The van der Waals surface area contributed by atoms with Gasteiger partial charge >= 0.3 is 6.09 Å². The maximum Gasteiger partial charge on any atom is 0.415 e. The van der Waals surface area contributed by atoms with Crippen LogP contribution in [0, 0.1) is 0 Å². The van der Waals surface area contributed by atoms with E-state index in [1.165, 1.54) is 11.9 Å². The van der Waals surface area contributed by atoms with Crippen LogP contribution in [0.25, 0.3) is 0 Å². The van der Waals surface area contributed by atoms with Crippen molar-refractivity contribution in [3.63, 3.8) is 0 Å². The van der Waals surface area contributed by atoms with Crippen LogP contribution in [0.2, 0.25) is 0 Å². The van der Waals surface area contributed by atoms with Crippen molar-refractivity contribution in [2.24, 2.45) is 0 Å². The van der Waals surface area contributed by atoms with Crippen molar-refractivity contribution in [3.8, 4) is 5.75 Å². The maximum atomic E-state index is 11.9. The Kier molecular flexibility index (Phi) is 5.55. The SMILES string of the molecule is CN(CC(=O)Nc1ccc(Br)cc1)C(=O)Oc1ccccc1. The van der Waals surface area contributed by atoms with E-state index >= 15 is 0 Å². The zero-order chi connectivity index (χ0) is 15.9. The van der Waals surface area contributed by atoms with Crippen LogP contribution < -0.4 is 10.1 Å². The molecule has 0 bridgehead atoms. The first-order valence-electron chi connectivity index (χ1n) is 6.58. The number of ether oxygens (including phenoxy) is 1. The van der Waals surface area contributed by atoms with Crippen LogP contribution in [-0.4, -0.2) is 30.5 Å². The summed E-state index contributed by atoms with van der Waals surface area (Å²) in [6.45, 7) is -0.0955. The Bertz CT molecular complexity index is 644. The number of anilines is 1. The van der Waals surface area contributed by atoms with Gasteiger partial charge < -0.3 is 15.0 Å². The summed E-state index contributed by atoms with van der Waals surface area (Å²) in [5, 5.41) is 2.71.